The monoisotopic (exact) mass is 753 g/mol. The van der Waals surface area contributed by atoms with E-state index in [9.17, 15) is 19.5 Å². The van der Waals surface area contributed by atoms with Crippen LogP contribution in [0.25, 0.3) is 0 Å². The molecular weight excluding hydrogens is 687 g/mol. The van der Waals surface area contributed by atoms with Gasteiger partial charge in [0.15, 0.2) is 28.5 Å². The molecule has 0 spiro atoms. The molecule has 0 aromatic heterocycles. The smallest absolute Gasteiger partial charge is 0.337 e. The Morgan fingerprint density at radius 2 is 1.29 bits per heavy atom. The summed E-state index contributed by atoms with van der Waals surface area (Å²) in [5.41, 5.74) is 1.19. The zero-order valence-corrected chi connectivity index (χ0v) is 36.4. The van der Waals surface area contributed by atoms with Crippen LogP contribution in [0.15, 0.2) is 71.8 Å². The molecule has 290 valence electrons. The molecule has 0 fully saturated rings. The number of amides is 1. The number of aliphatic hydroxyl groups is 1. The molecule has 0 saturated carbocycles. The number of hydrogen-bond acceptors (Lipinski definition) is 7. The number of Topliss-reactive ketones (excluding diaryl/α,β-unsaturated/α-hetero) is 1. The number of rotatable bonds is 19. The summed E-state index contributed by atoms with van der Waals surface area (Å²) in [5, 5.41) is 14.4. The van der Waals surface area contributed by atoms with Crippen molar-refractivity contribution in [2.75, 3.05) is 0 Å². The summed E-state index contributed by atoms with van der Waals surface area (Å²) in [6, 6.07) is 20.2. The first-order valence-electron chi connectivity index (χ1n) is 19.0. The van der Waals surface area contributed by atoms with Gasteiger partial charge in [0, 0.05) is 5.56 Å². The minimum Gasteiger partial charge on any atom is -0.456 e. The summed E-state index contributed by atoms with van der Waals surface area (Å²) in [6.07, 6.45) is -3.08. The van der Waals surface area contributed by atoms with Gasteiger partial charge in [-0.05, 0) is 92.3 Å². The molecule has 8 nitrogen and oxygen atoms in total. The maximum absolute atomic E-state index is 14.4. The van der Waals surface area contributed by atoms with Crippen LogP contribution in [0.4, 0.5) is 0 Å². The van der Waals surface area contributed by atoms with E-state index in [1.807, 2.05) is 57.2 Å². The average Bonchev–Trinajstić information content (AvgIpc) is 3.12. The maximum atomic E-state index is 14.4. The van der Waals surface area contributed by atoms with Crippen molar-refractivity contribution in [3.8, 4) is 0 Å². The van der Waals surface area contributed by atoms with E-state index in [4.69, 9.17) is 13.6 Å². The van der Waals surface area contributed by atoms with Gasteiger partial charge in [0.05, 0.1) is 17.6 Å². The zero-order valence-electron chi connectivity index (χ0n) is 34.4. The molecule has 10 heteroatoms. The Morgan fingerprint density at radius 3 is 1.75 bits per heavy atom. The van der Waals surface area contributed by atoms with Gasteiger partial charge < -0.3 is 24.0 Å². The van der Waals surface area contributed by atoms with Crippen molar-refractivity contribution < 1.29 is 33.1 Å². The fourth-order valence-electron chi connectivity index (χ4n) is 6.17. The van der Waals surface area contributed by atoms with Crippen molar-refractivity contribution in [2.24, 2.45) is 5.41 Å². The summed E-state index contributed by atoms with van der Waals surface area (Å²) in [4.78, 5) is 42.0. The van der Waals surface area contributed by atoms with E-state index in [1.54, 1.807) is 45.0 Å². The largest absolute Gasteiger partial charge is 0.456 e. The summed E-state index contributed by atoms with van der Waals surface area (Å²) in [7, 11) is -4.63. The first kappa shape index (κ1) is 45.3. The van der Waals surface area contributed by atoms with Gasteiger partial charge in [0.1, 0.15) is 12.2 Å². The average molecular weight is 754 g/mol. The van der Waals surface area contributed by atoms with Crippen LogP contribution in [-0.4, -0.2) is 63.8 Å². The molecule has 0 saturated heterocycles. The molecular formula is C42H67NO7Si2. The van der Waals surface area contributed by atoms with Crippen molar-refractivity contribution in [1.82, 2.24) is 5.32 Å². The van der Waals surface area contributed by atoms with Crippen LogP contribution < -0.4 is 5.32 Å². The summed E-state index contributed by atoms with van der Waals surface area (Å²) < 4.78 is 19.8. The second kappa shape index (κ2) is 18.9. The maximum Gasteiger partial charge on any atom is 0.337 e. The molecule has 0 aliphatic carbocycles. The highest BCUT2D eigenvalue weighted by atomic mass is 28.4. The SMILES string of the molecule is CC[C@H](O[Si](CC)(CC)CC)C(C)(C)C(=O)[C@H](O)/C(C)=C(\C)C(C)OC(=O)[C@H](O[Si](C)(C)C(C)(C)C)[C@@H](NC(=O)c1ccccc1)c1ccccc1. The highest BCUT2D eigenvalue weighted by molar-refractivity contribution is 6.74. The molecule has 2 aromatic rings. The first-order valence-corrected chi connectivity index (χ1v) is 24.4. The lowest BCUT2D eigenvalue weighted by Gasteiger charge is -2.41. The molecule has 0 aliphatic heterocycles. The van der Waals surface area contributed by atoms with Gasteiger partial charge in [0.25, 0.3) is 5.91 Å². The summed E-state index contributed by atoms with van der Waals surface area (Å²) in [5.74, 6) is -1.32. The molecule has 0 bridgehead atoms. The number of ether oxygens (including phenoxy) is 1. The highest BCUT2D eigenvalue weighted by Crippen LogP contribution is 2.40. The number of hydrogen-bond donors (Lipinski definition) is 2. The zero-order chi connectivity index (χ0) is 39.7. The third-order valence-corrected chi connectivity index (χ3v) is 20.7. The van der Waals surface area contributed by atoms with E-state index in [1.165, 1.54) is 0 Å². The van der Waals surface area contributed by atoms with Crippen molar-refractivity contribution in [2.45, 2.75) is 156 Å². The third kappa shape index (κ3) is 11.1. The standard InChI is InChI=1S/C42H67NO7Si2/c1-15-34(49-52(16-2,17-3)18-4)42(11,12)38(45)36(44)30(6)29(5)31(7)48-40(47)37(50-51(13,14)41(8,9)10)35(32-25-21-19-22-26-32)43-39(46)33-27-23-20-24-28-33/h19-28,31,34-37,44H,15-18H2,1-14H3,(H,43,46)/b30-29+/t31?,34-,35-,36+,37+/m0/s1. The van der Waals surface area contributed by atoms with Crippen LogP contribution in [0.5, 0.6) is 0 Å². The number of carbonyl (C=O) groups is 3. The highest BCUT2D eigenvalue weighted by Gasteiger charge is 2.46. The third-order valence-electron chi connectivity index (χ3n) is 11.6. The lowest BCUT2D eigenvalue weighted by atomic mass is 9.77. The normalized spacial score (nSPS) is 16.2. The number of aliphatic hydroxyl groups excluding tert-OH is 1. The van der Waals surface area contributed by atoms with Gasteiger partial charge >= 0.3 is 5.97 Å². The van der Waals surface area contributed by atoms with Gasteiger partial charge in [0.2, 0.25) is 0 Å². The van der Waals surface area contributed by atoms with Gasteiger partial charge in [-0.25, -0.2) is 4.79 Å². The second-order valence-corrected chi connectivity index (χ2v) is 25.7. The quantitative estimate of drug-likeness (QED) is 0.0835. The minimum absolute atomic E-state index is 0.251. The van der Waals surface area contributed by atoms with Crippen LogP contribution in [0.2, 0.25) is 36.3 Å². The number of esters is 1. The summed E-state index contributed by atoms with van der Waals surface area (Å²) >= 11 is 0. The molecule has 1 amide bonds. The molecule has 1 unspecified atom stereocenters. The molecule has 52 heavy (non-hydrogen) atoms. The first-order chi connectivity index (χ1) is 24.1. The van der Waals surface area contributed by atoms with Crippen LogP contribution in [0.1, 0.15) is 111 Å². The Bertz CT molecular complexity index is 1490. The van der Waals surface area contributed by atoms with Crippen LogP contribution in [-0.2, 0) is 23.2 Å². The van der Waals surface area contributed by atoms with E-state index in [-0.39, 0.29) is 22.8 Å². The number of nitrogens with one attached hydrogen (secondary N) is 1. The van der Waals surface area contributed by atoms with Gasteiger partial charge in [-0.15, -0.1) is 0 Å². The molecule has 5 atom stereocenters. The Balaban J connectivity index is 2.50. The Kier molecular flexibility index (Phi) is 16.5. The molecule has 2 aromatic carbocycles. The van der Waals surface area contributed by atoms with E-state index in [0.29, 0.717) is 28.7 Å². The van der Waals surface area contributed by atoms with Crippen molar-refractivity contribution >= 4 is 34.3 Å². The van der Waals surface area contributed by atoms with Crippen molar-refractivity contribution in [3.63, 3.8) is 0 Å². The lowest BCUT2D eigenvalue weighted by Crippen LogP contribution is -2.52. The fourth-order valence-corrected chi connectivity index (χ4v) is 10.5. The minimum atomic E-state index is -2.61. The van der Waals surface area contributed by atoms with Crippen molar-refractivity contribution in [3.05, 3.63) is 82.9 Å². The predicted molar refractivity (Wildman–Crippen MR) is 216 cm³/mol. The van der Waals surface area contributed by atoms with Gasteiger partial charge in [-0.2, -0.15) is 0 Å². The number of benzene rings is 2. The Morgan fingerprint density at radius 1 is 0.788 bits per heavy atom. The number of ketones is 1. The number of carbonyl (C=O) groups excluding carboxylic acids is 3. The molecule has 0 heterocycles. The van der Waals surface area contributed by atoms with E-state index < -0.39 is 52.4 Å². The molecule has 2 rings (SSSR count). The molecule has 0 radical (unpaired) electrons. The van der Waals surface area contributed by atoms with E-state index in [0.717, 1.165) is 18.1 Å². The van der Waals surface area contributed by atoms with Gasteiger partial charge in [-0.3, -0.25) is 9.59 Å². The Hall–Kier alpha value is -2.90. The molecule has 0 aliphatic rings. The molecule has 2 N–H and O–H groups in total. The lowest BCUT2D eigenvalue weighted by molar-refractivity contribution is -0.157. The Labute approximate surface area is 316 Å². The van der Waals surface area contributed by atoms with Crippen LogP contribution >= 0.6 is 0 Å². The van der Waals surface area contributed by atoms with Gasteiger partial charge in [-0.1, -0.05) is 111 Å². The summed E-state index contributed by atoms with van der Waals surface area (Å²) in [6.45, 7) is 27.8. The second-order valence-electron chi connectivity index (χ2n) is 16.2. The topological polar surface area (TPSA) is 111 Å². The predicted octanol–water partition coefficient (Wildman–Crippen LogP) is 9.57. The van der Waals surface area contributed by atoms with Crippen LogP contribution in [0, 0.1) is 5.41 Å². The fraction of sp³-hybridized carbons (Fsp3) is 0.595. The van der Waals surface area contributed by atoms with E-state index in [2.05, 4.69) is 60.0 Å². The van der Waals surface area contributed by atoms with E-state index >= 15 is 0 Å². The van der Waals surface area contributed by atoms with Crippen LogP contribution in [0.3, 0.4) is 0 Å². The van der Waals surface area contributed by atoms with Crippen molar-refractivity contribution in [1.29, 1.82) is 0 Å².